The number of nitrogens with zero attached hydrogens (tertiary/aromatic N) is 4. The van der Waals surface area contributed by atoms with E-state index in [-0.39, 0.29) is 16.7 Å². The number of aryl methyl sites for hydroxylation is 1. The zero-order chi connectivity index (χ0) is 13.7. The molecular formula is C10H16ClN5O2. The van der Waals surface area contributed by atoms with Crippen LogP contribution < -0.4 is 5.32 Å². The van der Waals surface area contributed by atoms with Crippen molar-refractivity contribution in [2.45, 2.75) is 13.3 Å². The molecule has 0 bridgehead atoms. The molecule has 1 heterocycles. The fourth-order valence-corrected chi connectivity index (χ4v) is 1.57. The van der Waals surface area contributed by atoms with Crippen LogP contribution in [-0.2, 0) is 6.42 Å². The molecule has 0 aliphatic rings. The Morgan fingerprint density at radius 2 is 2.11 bits per heavy atom. The molecule has 0 amide bonds. The first-order chi connectivity index (χ1) is 8.45. The van der Waals surface area contributed by atoms with Crippen LogP contribution in [0.4, 0.5) is 11.5 Å². The molecule has 100 valence electrons. The van der Waals surface area contributed by atoms with Crippen molar-refractivity contribution in [2.24, 2.45) is 0 Å². The van der Waals surface area contributed by atoms with Crippen LogP contribution in [0.5, 0.6) is 0 Å². The number of aromatic nitrogens is 2. The minimum Gasteiger partial charge on any atom is -0.363 e. The highest BCUT2D eigenvalue weighted by molar-refractivity contribution is 6.31. The second-order valence-corrected chi connectivity index (χ2v) is 4.33. The molecule has 0 fully saturated rings. The highest BCUT2D eigenvalue weighted by Gasteiger charge is 2.22. The van der Waals surface area contributed by atoms with Gasteiger partial charge in [-0.25, -0.2) is 9.97 Å². The summed E-state index contributed by atoms with van der Waals surface area (Å²) >= 11 is 5.81. The van der Waals surface area contributed by atoms with Gasteiger partial charge in [0, 0.05) is 19.5 Å². The smallest absolute Gasteiger partial charge is 0.348 e. The van der Waals surface area contributed by atoms with Crippen molar-refractivity contribution in [2.75, 3.05) is 32.5 Å². The van der Waals surface area contributed by atoms with E-state index in [1.54, 1.807) is 0 Å². The number of anilines is 1. The largest absolute Gasteiger partial charge is 0.363 e. The Hall–Kier alpha value is -1.47. The third-order valence-electron chi connectivity index (χ3n) is 2.24. The highest BCUT2D eigenvalue weighted by atomic mass is 35.5. The second kappa shape index (κ2) is 6.46. The summed E-state index contributed by atoms with van der Waals surface area (Å²) in [7, 11) is 3.83. The van der Waals surface area contributed by atoms with Gasteiger partial charge >= 0.3 is 5.69 Å². The molecule has 0 saturated heterocycles. The van der Waals surface area contributed by atoms with E-state index in [0.29, 0.717) is 18.8 Å². The van der Waals surface area contributed by atoms with Gasteiger partial charge < -0.3 is 10.2 Å². The van der Waals surface area contributed by atoms with Crippen LogP contribution in [0.1, 0.15) is 12.7 Å². The first kappa shape index (κ1) is 14.6. The average Bonchev–Trinajstić information content (AvgIpc) is 2.27. The summed E-state index contributed by atoms with van der Waals surface area (Å²) in [6.07, 6.45) is 0.570. The molecule has 0 radical (unpaired) electrons. The Kier molecular flexibility index (Phi) is 5.24. The summed E-state index contributed by atoms with van der Waals surface area (Å²) in [5.41, 5.74) is -0.271. The predicted octanol–water partition coefficient (Wildman–Crippen LogP) is 1.57. The fourth-order valence-electron chi connectivity index (χ4n) is 1.31. The van der Waals surface area contributed by atoms with E-state index in [2.05, 4.69) is 15.3 Å². The Balaban J connectivity index is 2.98. The third-order valence-corrected chi connectivity index (χ3v) is 2.50. The third kappa shape index (κ3) is 3.78. The van der Waals surface area contributed by atoms with E-state index in [4.69, 9.17) is 11.6 Å². The van der Waals surface area contributed by atoms with Crippen molar-refractivity contribution in [1.82, 2.24) is 14.9 Å². The molecule has 1 N–H and O–H groups in total. The van der Waals surface area contributed by atoms with E-state index in [1.165, 1.54) is 0 Å². The lowest BCUT2D eigenvalue weighted by Gasteiger charge is -2.11. The molecule has 0 spiro atoms. The van der Waals surface area contributed by atoms with Crippen molar-refractivity contribution in [1.29, 1.82) is 0 Å². The molecule has 0 saturated carbocycles. The molecule has 8 heteroatoms. The molecule has 0 aliphatic heterocycles. The van der Waals surface area contributed by atoms with Gasteiger partial charge in [-0.2, -0.15) is 0 Å². The molecule has 18 heavy (non-hydrogen) atoms. The minimum absolute atomic E-state index is 0.126. The minimum atomic E-state index is -0.570. The zero-order valence-electron chi connectivity index (χ0n) is 10.6. The van der Waals surface area contributed by atoms with Crippen LogP contribution in [0.2, 0.25) is 5.15 Å². The first-order valence-corrected chi connectivity index (χ1v) is 5.92. The second-order valence-electron chi connectivity index (χ2n) is 3.97. The SMILES string of the molecule is CCc1nc(Cl)c([N+](=O)[O-])c(NCCN(C)C)n1. The first-order valence-electron chi connectivity index (χ1n) is 5.55. The number of nitrogens with one attached hydrogen (secondary N) is 1. The van der Waals surface area contributed by atoms with E-state index in [0.717, 1.165) is 6.54 Å². The van der Waals surface area contributed by atoms with E-state index < -0.39 is 4.92 Å². The lowest BCUT2D eigenvalue weighted by atomic mass is 10.4. The lowest BCUT2D eigenvalue weighted by molar-refractivity contribution is -0.384. The molecule has 0 aliphatic carbocycles. The quantitative estimate of drug-likeness (QED) is 0.481. The number of hydrogen-bond donors (Lipinski definition) is 1. The van der Waals surface area contributed by atoms with Gasteiger partial charge in [0.1, 0.15) is 5.82 Å². The normalized spacial score (nSPS) is 10.7. The molecule has 1 aromatic heterocycles. The summed E-state index contributed by atoms with van der Waals surface area (Å²) in [5.74, 6) is 0.664. The number of nitro groups is 1. The topological polar surface area (TPSA) is 84.2 Å². The van der Waals surface area contributed by atoms with E-state index in [9.17, 15) is 10.1 Å². The van der Waals surface area contributed by atoms with Crippen molar-refractivity contribution in [3.05, 3.63) is 21.1 Å². The number of hydrogen-bond acceptors (Lipinski definition) is 6. The van der Waals surface area contributed by atoms with Gasteiger partial charge in [-0.1, -0.05) is 18.5 Å². The molecule has 0 atom stereocenters. The van der Waals surface area contributed by atoms with E-state index in [1.807, 2.05) is 25.9 Å². The van der Waals surface area contributed by atoms with Crippen LogP contribution >= 0.6 is 11.6 Å². The zero-order valence-corrected chi connectivity index (χ0v) is 11.4. The molecule has 0 aromatic carbocycles. The molecule has 1 rings (SSSR count). The van der Waals surface area contributed by atoms with Crippen LogP contribution in [0.15, 0.2) is 0 Å². The van der Waals surface area contributed by atoms with E-state index >= 15 is 0 Å². The van der Waals surface area contributed by atoms with Gasteiger partial charge in [0.05, 0.1) is 4.92 Å². The Morgan fingerprint density at radius 1 is 1.44 bits per heavy atom. The Bertz CT molecular complexity index is 439. The summed E-state index contributed by atoms with van der Waals surface area (Å²) in [4.78, 5) is 20.3. The van der Waals surface area contributed by atoms with Gasteiger partial charge in [0.25, 0.3) is 0 Å². The van der Waals surface area contributed by atoms with Gasteiger partial charge in [-0.15, -0.1) is 0 Å². The summed E-state index contributed by atoms with van der Waals surface area (Å²) < 4.78 is 0. The maximum absolute atomic E-state index is 10.9. The number of halogens is 1. The highest BCUT2D eigenvalue weighted by Crippen LogP contribution is 2.29. The van der Waals surface area contributed by atoms with Crippen LogP contribution in [0.3, 0.4) is 0 Å². The summed E-state index contributed by atoms with van der Waals surface area (Å²) in [6, 6.07) is 0. The maximum Gasteiger partial charge on any atom is 0.348 e. The summed E-state index contributed by atoms with van der Waals surface area (Å²) in [5, 5.41) is 13.7. The standard InChI is InChI=1S/C10H16ClN5O2/c1-4-7-13-9(11)8(16(17)18)10(14-7)12-5-6-15(2)3/h4-6H2,1-3H3,(H,12,13,14). The van der Waals surface area contributed by atoms with Crippen molar-refractivity contribution in [3.63, 3.8) is 0 Å². The molecular weight excluding hydrogens is 258 g/mol. The van der Waals surface area contributed by atoms with Crippen molar-refractivity contribution >= 4 is 23.1 Å². The monoisotopic (exact) mass is 273 g/mol. The van der Waals surface area contributed by atoms with Crippen molar-refractivity contribution in [3.8, 4) is 0 Å². The molecule has 0 unspecified atom stereocenters. The number of likely N-dealkylation sites (N-methyl/N-ethyl adjacent to an activating group) is 1. The van der Waals surface area contributed by atoms with Crippen LogP contribution in [-0.4, -0.2) is 47.0 Å². The van der Waals surface area contributed by atoms with Gasteiger partial charge in [0.15, 0.2) is 0 Å². The lowest BCUT2D eigenvalue weighted by Crippen LogP contribution is -2.21. The molecule has 1 aromatic rings. The van der Waals surface area contributed by atoms with Crippen molar-refractivity contribution < 1.29 is 4.92 Å². The average molecular weight is 274 g/mol. The Labute approximate surface area is 110 Å². The fraction of sp³-hybridized carbons (Fsp3) is 0.600. The summed E-state index contributed by atoms with van der Waals surface area (Å²) in [6.45, 7) is 3.14. The van der Waals surface area contributed by atoms with Gasteiger partial charge in [0.2, 0.25) is 11.0 Å². The van der Waals surface area contributed by atoms with Crippen LogP contribution in [0.25, 0.3) is 0 Å². The van der Waals surface area contributed by atoms with Gasteiger partial charge in [-0.05, 0) is 14.1 Å². The maximum atomic E-state index is 10.9. The van der Waals surface area contributed by atoms with Gasteiger partial charge in [-0.3, -0.25) is 10.1 Å². The predicted molar refractivity (Wildman–Crippen MR) is 70.1 cm³/mol. The number of rotatable bonds is 6. The Morgan fingerprint density at radius 3 is 2.61 bits per heavy atom. The molecule has 7 nitrogen and oxygen atoms in total. The van der Waals surface area contributed by atoms with Crippen LogP contribution in [0, 0.1) is 10.1 Å².